The third kappa shape index (κ3) is 3.66. The van der Waals surface area contributed by atoms with Crippen molar-refractivity contribution in [1.29, 1.82) is 0 Å². The van der Waals surface area contributed by atoms with Gasteiger partial charge in [-0.15, -0.1) is 0 Å². The highest BCUT2D eigenvalue weighted by atomic mass is 127. The van der Waals surface area contributed by atoms with Crippen LogP contribution in [0.1, 0.15) is 5.56 Å². The first kappa shape index (κ1) is 14.7. The van der Waals surface area contributed by atoms with E-state index in [1.54, 1.807) is 22.6 Å². The molecule has 0 spiro atoms. The minimum Gasteiger partial charge on any atom is -0.379 e. The van der Waals surface area contributed by atoms with Crippen molar-refractivity contribution in [1.82, 2.24) is 0 Å². The Balaban J connectivity index is 2.09. The number of rotatable bonds is 5. The predicted molar refractivity (Wildman–Crippen MR) is 84.4 cm³/mol. The van der Waals surface area contributed by atoms with Crippen LogP contribution in [0.2, 0.25) is 0 Å². The molecule has 104 valence electrons. The molecule has 20 heavy (non-hydrogen) atoms. The van der Waals surface area contributed by atoms with E-state index in [0.29, 0.717) is 13.0 Å². The standard InChI is InChI=1S/C14H12FIN2O2/c15-11-8-13(14(18(19)20)9-12(11)16)17-7-6-10-4-2-1-3-5-10/h1-5,8-9,17H,6-7H2. The molecule has 2 rings (SSSR count). The zero-order chi connectivity index (χ0) is 14.5. The molecule has 6 heteroatoms. The highest BCUT2D eigenvalue weighted by molar-refractivity contribution is 14.1. The Morgan fingerprint density at radius 1 is 1.25 bits per heavy atom. The fourth-order valence-electron chi connectivity index (χ4n) is 1.82. The third-order valence-corrected chi connectivity index (χ3v) is 3.63. The van der Waals surface area contributed by atoms with Gasteiger partial charge in [-0.25, -0.2) is 4.39 Å². The summed E-state index contributed by atoms with van der Waals surface area (Å²) in [4.78, 5) is 10.5. The van der Waals surface area contributed by atoms with Gasteiger partial charge in [-0.3, -0.25) is 10.1 Å². The van der Waals surface area contributed by atoms with Gasteiger partial charge < -0.3 is 5.32 Å². The molecule has 0 atom stereocenters. The van der Waals surface area contributed by atoms with Crippen molar-refractivity contribution < 1.29 is 9.31 Å². The van der Waals surface area contributed by atoms with Gasteiger partial charge in [-0.2, -0.15) is 0 Å². The van der Waals surface area contributed by atoms with Crippen LogP contribution < -0.4 is 5.32 Å². The average molecular weight is 386 g/mol. The van der Waals surface area contributed by atoms with Crippen LogP contribution in [0.5, 0.6) is 0 Å². The molecule has 0 bridgehead atoms. The summed E-state index contributed by atoms with van der Waals surface area (Å²) in [5, 5.41) is 13.9. The molecule has 4 nitrogen and oxygen atoms in total. The maximum Gasteiger partial charge on any atom is 0.293 e. The fraction of sp³-hybridized carbons (Fsp3) is 0.143. The number of nitrogens with zero attached hydrogens (tertiary/aromatic N) is 1. The molecule has 0 aliphatic rings. The fourth-order valence-corrected chi connectivity index (χ4v) is 2.27. The van der Waals surface area contributed by atoms with Crippen molar-refractivity contribution >= 4 is 34.0 Å². The van der Waals surface area contributed by atoms with Gasteiger partial charge in [0.1, 0.15) is 11.5 Å². The van der Waals surface area contributed by atoms with E-state index < -0.39 is 10.7 Å². The normalized spacial score (nSPS) is 10.3. The Kier molecular flexibility index (Phi) is 4.89. The molecule has 0 saturated carbocycles. The van der Waals surface area contributed by atoms with Crippen LogP contribution in [0.15, 0.2) is 42.5 Å². The van der Waals surface area contributed by atoms with Crippen LogP contribution in [0.25, 0.3) is 0 Å². The van der Waals surface area contributed by atoms with Crippen LogP contribution in [-0.2, 0) is 6.42 Å². The zero-order valence-corrected chi connectivity index (χ0v) is 12.6. The molecular weight excluding hydrogens is 374 g/mol. The molecule has 0 aromatic heterocycles. The van der Waals surface area contributed by atoms with Gasteiger partial charge >= 0.3 is 0 Å². The molecule has 0 unspecified atom stereocenters. The van der Waals surface area contributed by atoms with Crippen LogP contribution in [0, 0.1) is 19.5 Å². The summed E-state index contributed by atoms with van der Waals surface area (Å²) in [5.41, 5.74) is 1.22. The lowest BCUT2D eigenvalue weighted by Crippen LogP contribution is -2.07. The number of hydrogen-bond acceptors (Lipinski definition) is 3. The number of nitro benzene ring substituents is 1. The molecule has 0 aliphatic heterocycles. The second kappa shape index (κ2) is 6.65. The van der Waals surface area contributed by atoms with Crippen LogP contribution >= 0.6 is 22.6 Å². The van der Waals surface area contributed by atoms with Gasteiger partial charge in [-0.1, -0.05) is 30.3 Å². The molecule has 0 radical (unpaired) electrons. The zero-order valence-electron chi connectivity index (χ0n) is 10.5. The topological polar surface area (TPSA) is 55.2 Å². The summed E-state index contributed by atoms with van der Waals surface area (Å²) in [7, 11) is 0. The number of nitrogens with one attached hydrogen (secondary N) is 1. The quantitative estimate of drug-likeness (QED) is 0.480. The molecular formula is C14H12FIN2O2. The SMILES string of the molecule is O=[N+]([O-])c1cc(I)c(F)cc1NCCc1ccccc1. The van der Waals surface area contributed by atoms with Gasteiger partial charge in [0.05, 0.1) is 8.49 Å². The summed E-state index contributed by atoms with van der Waals surface area (Å²) in [6, 6.07) is 12.2. The molecule has 0 fully saturated rings. The van der Waals surface area contributed by atoms with Gasteiger partial charge in [0.15, 0.2) is 0 Å². The summed E-state index contributed by atoms with van der Waals surface area (Å²) >= 11 is 1.74. The van der Waals surface area contributed by atoms with E-state index in [1.165, 1.54) is 12.1 Å². The van der Waals surface area contributed by atoms with Crippen molar-refractivity contribution in [2.45, 2.75) is 6.42 Å². The molecule has 0 aliphatic carbocycles. The Morgan fingerprint density at radius 3 is 2.60 bits per heavy atom. The molecule has 0 amide bonds. The Hall–Kier alpha value is -1.70. The monoisotopic (exact) mass is 386 g/mol. The second-order valence-electron chi connectivity index (χ2n) is 4.20. The lowest BCUT2D eigenvalue weighted by molar-refractivity contribution is -0.384. The maximum absolute atomic E-state index is 13.5. The van der Waals surface area contributed by atoms with Gasteiger partial charge in [0.2, 0.25) is 0 Å². The molecule has 0 heterocycles. The minimum atomic E-state index is -0.507. The summed E-state index contributed by atoms with van der Waals surface area (Å²) in [6.45, 7) is 0.505. The third-order valence-electron chi connectivity index (χ3n) is 2.81. The van der Waals surface area contributed by atoms with Gasteiger partial charge in [0, 0.05) is 18.7 Å². The molecule has 2 aromatic carbocycles. The smallest absolute Gasteiger partial charge is 0.293 e. The summed E-state index contributed by atoms with van der Waals surface area (Å²) in [6.07, 6.45) is 0.714. The number of nitro groups is 1. The number of halogens is 2. The van der Waals surface area contributed by atoms with Crippen molar-refractivity contribution in [3.63, 3.8) is 0 Å². The average Bonchev–Trinajstić information content (AvgIpc) is 2.43. The molecule has 1 N–H and O–H groups in total. The Labute approximate surface area is 129 Å². The van der Waals surface area contributed by atoms with Gasteiger partial charge in [0.25, 0.3) is 5.69 Å². The predicted octanol–water partition coefficient (Wildman–Crippen LogP) is 3.99. The molecule has 0 saturated heterocycles. The first-order valence-corrected chi connectivity index (χ1v) is 7.07. The Bertz CT molecular complexity index is 620. The maximum atomic E-state index is 13.5. The largest absolute Gasteiger partial charge is 0.379 e. The van der Waals surface area contributed by atoms with E-state index in [1.807, 2.05) is 30.3 Å². The minimum absolute atomic E-state index is 0.108. The second-order valence-corrected chi connectivity index (χ2v) is 5.37. The number of hydrogen-bond donors (Lipinski definition) is 1. The highest BCUT2D eigenvalue weighted by Crippen LogP contribution is 2.28. The van der Waals surface area contributed by atoms with Crippen molar-refractivity contribution in [3.05, 3.63) is 67.5 Å². The number of benzene rings is 2. The van der Waals surface area contributed by atoms with Crippen LogP contribution in [-0.4, -0.2) is 11.5 Å². The first-order valence-electron chi connectivity index (χ1n) is 5.99. The van der Waals surface area contributed by atoms with Crippen molar-refractivity contribution in [3.8, 4) is 0 Å². The van der Waals surface area contributed by atoms with E-state index in [2.05, 4.69) is 5.32 Å². The van der Waals surface area contributed by atoms with E-state index in [4.69, 9.17) is 0 Å². The van der Waals surface area contributed by atoms with Gasteiger partial charge in [-0.05, 0) is 34.6 Å². The Morgan fingerprint density at radius 2 is 1.95 bits per heavy atom. The van der Waals surface area contributed by atoms with Crippen molar-refractivity contribution in [2.75, 3.05) is 11.9 Å². The van der Waals surface area contributed by atoms with E-state index in [9.17, 15) is 14.5 Å². The highest BCUT2D eigenvalue weighted by Gasteiger charge is 2.17. The van der Waals surface area contributed by atoms with Crippen molar-refractivity contribution in [2.24, 2.45) is 0 Å². The summed E-state index contributed by atoms with van der Waals surface area (Å²) < 4.78 is 13.7. The first-order chi connectivity index (χ1) is 9.58. The number of anilines is 1. The lowest BCUT2D eigenvalue weighted by atomic mass is 10.1. The molecule has 2 aromatic rings. The summed E-state index contributed by atoms with van der Waals surface area (Å²) in [5.74, 6) is -0.460. The van der Waals surface area contributed by atoms with E-state index in [0.717, 1.165) is 5.56 Å². The van der Waals surface area contributed by atoms with E-state index >= 15 is 0 Å². The van der Waals surface area contributed by atoms with Crippen LogP contribution in [0.4, 0.5) is 15.8 Å². The lowest BCUT2D eigenvalue weighted by Gasteiger charge is -2.08. The van der Waals surface area contributed by atoms with Crippen LogP contribution in [0.3, 0.4) is 0 Å². The van der Waals surface area contributed by atoms with E-state index in [-0.39, 0.29) is 14.9 Å².